The van der Waals surface area contributed by atoms with Gasteiger partial charge in [0, 0.05) is 5.02 Å². The van der Waals surface area contributed by atoms with Gasteiger partial charge in [0.1, 0.15) is 6.61 Å². The molecule has 0 aromatic heterocycles. The molecule has 0 bridgehead atoms. The first-order valence-electron chi connectivity index (χ1n) is 8.62. The molecule has 0 saturated carbocycles. The van der Waals surface area contributed by atoms with Crippen molar-refractivity contribution >= 4 is 29.2 Å². The van der Waals surface area contributed by atoms with Gasteiger partial charge in [-0.2, -0.15) is 0 Å². The molecule has 0 heterocycles. The molecule has 5 heteroatoms. The van der Waals surface area contributed by atoms with Crippen LogP contribution in [-0.2, 0) is 11.4 Å². The van der Waals surface area contributed by atoms with Gasteiger partial charge in [0.05, 0.1) is 12.7 Å². The standard InChI is InChI=1S/C23H19ClO4/c1-27-22-14-16(13-20(23(25)26)18-7-3-2-4-8-18)10-11-21(22)28-15-17-6-5-9-19(24)12-17/h2-14H,15H2,1H3,(H,25,26)/b20-13-. The Bertz CT molecular complexity index is 996. The van der Waals surface area contributed by atoms with Gasteiger partial charge in [0.15, 0.2) is 11.5 Å². The maximum atomic E-state index is 11.7. The molecule has 0 aliphatic rings. The summed E-state index contributed by atoms with van der Waals surface area (Å²) >= 11 is 6.00. The Kier molecular flexibility index (Phi) is 6.35. The lowest BCUT2D eigenvalue weighted by molar-refractivity contribution is -0.130. The van der Waals surface area contributed by atoms with E-state index in [2.05, 4.69) is 0 Å². The van der Waals surface area contributed by atoms with Crippen LogP contribution in [0.4, 0.5) is 0 Å². The summed E-state index contributed by atoms with van der Waals surface area (Å²) < 4.78 is 11.3. The highest BCUT2D eigenvalue weighted by molar-refractivity contribution is 6.30. The fraction of sp³-hybridized carbons (Fsp3) is 0.0870. The summed E-state index contributed by atoms with van der Waals surface area (Å²) in [5, 5.41) is 10.2. The smallest absolute Gasteiger partial charge is 0.336 e. The number of aliphatic carboxylic acids is 1. The van der Waals surface area contributed by atoms with E-state index in [1.54, 1.807) is 61.7 Å². The average molecular weight is 395 g/mol. The number of benzene rings is 3. The van der Waals surface area contributed by atoms with E-state index in [0.717, 1.165) is 5.56 Å². The normalized spacial score (nSPS) is 11.1. The Hall–Kier alpha value is -3.24. The zero-order chi connectivity index (χ0) is 19.9. The fourth-order valence-electron chi connectivity index (χ4n) is 2.73. The van der Waals surface area contributed by atoms with Crippen LogP contribution in [0.25, 0.3) is 11.6 Å². The number of ether oxygens (including phenoxy) is 2. The van der Waals surface area contributed by atoms with Crippen LogP contribution in [-0.4, -0.2) is 18.2 Å². The number of carboxylic acid groups (broad SMARTS) is 1. The minimum absolute atomic E-state index is 0.204. The number of hydrogen-bond donors (Lipinski definition) is 1. The van der Waals surface area contributed by atoms with Gasteiger partial charge in [-0.25, -0.2) is 4.79 Å². The van der Waals surface area contributed by atoms with Crippen LogP contribution in [0.15, 0.2) is 72.8 Å². The molecule has 0 amide bonds. The molecule has 28 heavy (non-hydrogen) atoms. The Morgan fingerprint density at radius 2 is 1.79 bits per heavy atom. The highest BCUT2D eigenvalue weighted by atomic mass is 35.5. The second kappa shape index (κ2) is 9.11. The number of methoxy groups -OCH3 is 1. The lowest BCUT2D eigenvalue weighted by Gasteiger charge is -2.12. The zero-order valence-corrected chi connectivity index (χ0v) is 16.0. The number of carbonyl (C=O) groups is 1. The Morgan fingerprint density at radius 1 is 1.00 bits per heavy atom. The maximum absolute atomic E-state index is 11.7. The molecule has 0 atom stereocenters. The molecule has 0 aliphatic carbocycles. The van der Waals surface area contributed by atoms with E-state index >= 15 is 0 Å². The number of hydrogen-bond acceptors (Lipinski definition) is 3. The average Bonchev–Trinajstić information content (AvgIpc) is 2.71. The van der Waals surface area contributed by atoms with Crippen molar-refractivity contribution < 1.29 is 19.4 Å². The van der Waals surface area contributed by atoms with Crippen molar-refractivity contribution in [2.24, 2.45) is 0 Å². The largest absolute Gasteiger partial charge is 0.493 e. The second-order valence-corrected chi connectivity index (χ2v) is 6.49. The predicted octanol–water partition coefficient (Wildman–Crippen LogP) is 5.55. The predicted molar refractivity (Wildman–Crippen MR) is 111 cm³/mol. The lowest BCUT2D eigenvalue weighted by Crippen LogP contribution is -2.00. The van der Waals surface area contributed by atoms with Gasteiger partial charge < -0.3 is 14.6 Å². The molecular formula is C23H19ClO4. The van der Waals surface area contributed by atoms with Crippen molar-refractivity contribution in [3.05, 3.63) is 94.5 Å². The van der Waals surface area contributed by atoms with E-state index in [0.29, 0.717) is 34.3 Å². The van der Waals surface area contributed by atoms with Crippen LogP contribution in [0.2, 0.25) is 5.02 Å². The topological polar surface area (TPSA) is 55.8 Å². The van der Waals surface area contributed by atoms with Gasteiger partial charge in [-0.3, -0.25) is 0 Å². The highest BCUT2D eigenvalue weighted by Crippen LogP contribution is 2.31. The minimum atomic E-state index is -0.994. The molecule has 0 aliphatic heterocycles. The van der Waals surface area contributed by atoms with Gasteiger partial charge in [0.2, 0.25) is 0 Å². The first-order valence-corrected chi connectivity index (χ1v) is 9.00. The molecule has 0 saturated heterocycles. The molecular weight excluding hydrogens is 376 g/mol. The number of carboxylic acids is 1. The molecule has 0 fully saturated rings. The molecule has 3 rings (SSSR count). The summed E-state index contributed by atoms with van der Waals surface area (Å²) in [5.41, 5.74) is 2.48. The first kappa shape index (κ1) is 19.5. The van der Waals surface area contributed by atoms with Gasteiger partial charge in [-0.1, -0.05) is 60.1 Å². The van der Waals surface area contributed by atoms with Crippen molar-refractivity contribution in [1.29, 1.82) is 0 Å². The van der Waals surface area contributed by atoms with Gasteiger partial charge >= 0.3 is 5.97 Å². The van der Waals surface area contributed by atoms with Crippen LogP contribution in [0.3, 0.4) is 0 Å². The van der Waals surface area contributed by atoms with E-state index < -0.39 is 5.97 Å². The second-order valence-electron chi connectivity index (χ2n) is 6.06. The van der Waals surface area contributed by atoms with Gasteiger partial charge in [-0.15, -0.1) is 0 Å². The van der Waals surface area contributed by atoms with E-state index in [1.807, 2.05) is 24.3 Å². The highest BCUT2D eigenvalue weighted by Gasteiger charge is 2.12. The van der Waals surface area contributed by atoms with Crippen molar-refractivity contribution in [3.63, 3.8) is 0 Å². The third-order valence-corrected chi connectivity index (χ3v) is 4.33. The number of rotatable bonds is 7. The van der Waals surface area contributed by atoms with Crippen molar-refractivity contribution in [2.45, 2.75) is 6.61 Å². The molecule has 0 spiro atoms. The first-order chi connectivity index (χ1) is 13.6. The fourth-order valence-corrected chi connectivity index (χ4v) is 2.95. The molecule has 4 nitrogen and oxygen atoms in total. The summed E-state index contributed by atoms with van der Waals surface area (Å²) in [5.74, 6) is 0.0937. The van der Waals surface area contributed by atoms with Crippen LogP contribution in [0, 0.1) is 0 Å². The number of halogens is 1. The van der Waals surface area contributed by atoms with Crippen LogP contribution in [0.1, 0.15) is 16.7 Å². The third kappa shape index (κ3) is 4.93. The van der Waals surface area contributed by atoms with E-state index in [1.165, 1.54) is 0 Å². The molecule has 0 unspecified atom stereocenters. The van der Waals surface area contributed by atoms with Crippen molar-refractivity contribution in [2.75, 3.05) is 7.11 Å². The van der Waals surface area contributed by atoms with Crippen LogP contribution >= 0.6 is 11.6 Å². The summed E-state index contributed by atoms with van der Waals surface area (Å²) in [6.07, 6.45) is 1.61. The molecule has 1 N–H and O–H groups in total. The monoisotopic (exact) mass is 394 g/mol. The summed E-state index contributed by atoms with van der Waals surface area (Å²) in [6, 6.07) is 21.7. The SMILES string of the molecule is COc1cc(/C=C(\C(=O)O)c2ccccc2)ccc1OCc1cccc(Cl)c1. The maximum Gasteiger partial charge on any atom is 0.336 e. The minimum Gasteiger partial charge on any atom is -0.493 e. The molecule has 3 aromatic carbocycles. The van der Waals surface area contributed by atoms with Crippen molar-refractivity contribution in [3.8, 4) is 11.5 Å². The summed E-state index contributed by atoms with van der Waals surface area (Å²) in [6.45, 7) is 0.344. The van der Waals surface area contributed by atoms with Crippen LogP contribution in [0.5, 0.6) is 11.5 Å². The quantitative estimate of drug-likeness (QED) is 0.421. The molecule has 3 aromatic rings. The zero-order valence-electron chi connectivity index (χ0n) is 15.3. The summed E-state index contributed by atoms with van der Waals surface area (Å²) in [7, 11) is 1.55. The van der Waals surface area contributed by atoms with Crippen molar-refractivity contribution in [1.82, 2.24) is 0 Å². The lowest BCUT2D eigenvalue weighted by atomic mass is 10.0. The van der Waals surface area contributed by atoms with Gasteiger partial charge in [0.25, 0.3) is 0 Å². The third-order valence-electron chi connectivity index (χ3n) is 4.10. The van der Waals surface area contributed by atoms with E-state index in [-0.39, 0.29) is 5.57 Å². The summed E-state index contributed by atoms with van der Waals surface area (Å²) in [4.78, 5) is 11.7. The molecule has 142 valence electrons. The van der Waals surface area contributed by atoms with Gasteiger partial charge in [-0.05, 0) is 47.0 Å². The Labute approximate surface area is 168 Å². The van der Waals surface area contributed by atoms with E-state index in [4.69, 9.17) is 21.1 Å². The molecule has 0 radical (unpaired) electrons. The van der Waals surface area contributed by atoms with Crippen LogP contribution < -0.4 is 9.47 Å². The van der Waals surface area contributed by atoms with E-state index in [9.17, 15) is 9.90 Å². The Morgan fingerprint density at radius 3 is 2.46 bits per heavy atom. The Balaban J connectivity index is 1.85.